The van der Waals surface area contributed by atoms with Gasteiger partial charge in [-0.05, 0) is 36.4 Å². The highest BCUT2D eigenvalue weighted by Gasteiger charge is 2.24. The van der Waals surface area contributed by atoms with Crippen molar-refractivity contribution < 1.29 is 0 Å². The Kier molecular flexibility index (Phi) is 10.0. The third-order valence-corrected chi connectivity index (χ3v) is 7.90. The van der Waals surface area contributed by atoms with Gasteiger partial charge in [0, 0.05) is 0 Å². The lowest BCUT2D eigenvalue weighted by molar-refractivity contribution is 1.06. The SMILES string of the molecule is Cl[Si](Cl)(Cl)CCCSCCC[Si](Cl)(Cl)Cl. The summed E-state index contributed by atoms with van der Waals surface area (Å²) < 4.78 is 0. The van der Waals surface area contributed by atoms with Gasteiger partial charge >= 0.3 is 12.0 Å². The molecule has 0 rings (SSSR count). The van der Waals surface area contributed by atoms with Gasteiger partial charge in [-0.15, -0.1) is 66.5 Å². The Morgan fingerprint density at radius 3 is 1.27 bits per heavy atom. The molecular weight excluding hydrogens is 373 g/mol. The van der Waals surface area contributed by atoms with Gasteiger partial charge in [0.1, 0.15) is 0 Å². The molecule has 0 spiro atoms. The fourth-order valence-corrected chi connectivity index (χ4v) is 5.83. The first kappa shape index (κ1) is 17.5. The summed E-state index contributed by atoms with van der Waals surface area (Å²) in [5, 5.41) is 0. The summed E-state index contributed by atoms with van der Waals surface area (Å²) in [5.74, 6) is 2.03. The van der Waals surface area contributed by atoms with E-state index in [1.165, 1.54) is 0 Å². The van der Waals surface area contributed by atoms with Crippen molar-refractivity contribution in [3.8, 4) is 0 Å². The smallest absolute Gasteiger partial charge is 0.162 e. The maximum absolute atomic E-state index is 5.75. The summed E-state index contributed by atoms with van der Waals surface area (Å²) >= 11 is 36.3. The molecule has 0 saturated carbocycles. The van der Waals surface area contributed by atoms with E-state index in [2.05, 4.69) is 0 Å². The molecule has 92 valence electrons. The van der Waals surface area contributed by atoms with Gasteiger partial charge in [0.25, 0.3) is 0 Å². The molecule has 0 aliphatic rings. The number of thioether (sulfide) groups is 1. The van der Waals surface area contributed by atoms with Crippen LogP contribution in [0.3, 0.4) is 0 Å². The summed E-state index contributed by atoms with van der Waals surface area (Å²) in [5.41, 5.74) is 0. The van der Waals surface area contributed by atoms with E-state index in [9.17, 15) is 0 Å². The molecule has 0 aromatic carbocycles. The Hall–Kier alpha value is 2.52. The first-order chi connectivity index (χ1) is 6.71. The molecule has 0 amide bonds. The van der Waals surface area contributed by atoms with E-state index >= 15 is 0 Å². The minimum Gasteiger partial charge on any atom is -0.162 e. The predicted octanol–water partition coefficient (Wildman–Crippen LogP) is 5.81. The van der Waals surface area contributed by atoms with Crippen LogP contribution in [0.25, 0.3) is 0 Å². The van der Waals surface area contributed by atoms with Crippen molar-refractivity contribution in [3.63, 3.8) is 0 Å². The second kappa shape index (κ2) is 8.60. The maximum atomic E-state index is 5.75. The fraction of sp³-hybridized carbons (Fsp3) is 1.00. The molecule has 0 unspecified atom stereocenters. The van der Waals surface area contributed by atoms with Crippen molar-refractivity contribution in [2.45, 2.75) is 24.9 Å². The molecule has 0 aromatic heterocycles. The summed E-state index contributed by atoms with van der Waals surface area (Å²) in [4.78, 5) is 0. The van der Waals surface area contributed by atoms with E-state index in [4.69, 9.17) is 66.5 Å². The summed E-state index contributed by atoms with van der Waals surface area (Å²) in [6.07, 6.45) is 1.91. The van der Waals surface area contributed by atoms with Crippen LogP contribution < -0.4 is 0 Å². The monoisotopic (exact) mass is 382 g/mol. The number of hydrogen-bond donors (Lipinski definition) is 0. The Bertz CT molecular complexity index is 150. The predicted molar refractivity (Wildman–Crippen MR) is 82.8 cm³/mol. The minimum absolute atomic E-state index is 0.726. The van der Waals surface area contributed by atoms with Crippen LogP contribution in [0.4, 0.5) is 0 Å². The van der Waals surface area contributed by atoms with Crippen LogP contribution in [0, 0.1) is 0 Å². The van der Waals surface area contributed by atoms with Crippen molar-refractivity contribution in [2.24, 2.45) is 0 Å². The van der Waals surface area contributed by atoms with Gasteiger partial charge in [-0.2, -0.15) is 11.8 Å². The Labute approximate surface area is 126 Å². The van der Waals surface area contributed by atoms with Crippen LogP contribution >= 0.6 is 78.2 Å². The van der Waals surface area contributed by atoms with Crippen LogP contribution in [0.2, 0.25) is 12.1 Å². The first-order valence-corrected chi connectivity index (χ1v) is 16.1. The summed E-state index contributed by atoms with van der Waals surface area (Å²) in [7, 11) is 0. The molecule has 9 heteroatoms. The van der Waals surface area contributed by atoms with E-state index in [0.717, 1.165) is 36.4 Å². The highest BCUT2D eigenvalue weighted by atomic mass is 35.8. The molecule has 0 heterocycles. The third-order valence-electron chi connectivity index (χ3n) is 1.50. The highest BCUT2D eigenvalue weighted by Crippen LogP contribution is 2.29. The quantitative estimate of drug-likeness (QED) is 0.289. The van der Waals surface area contributed by atoms with Crippen LogP contribution in [-0.2, 0) is 0 Å². The van der Waals surface area contributed by atoms with Gasteiger partial charge < -0.3 is 0 Å². The molecule has 0 aromatic rings. The number of hydrogen-bond acceptors (Lipinski definition) is 1. The Balaban J connectivity index is 3.20. The van der Waals surface area contributed by atoms with Gasteiger partial charge in [-0.25, -0.2) is 0 Å². The van der Waals surface area contributed by atoms with Crippen LogP contribution in [0.1, 0.15) is 12.8 Å². The van der Waals surface area contributed by atoms with Crippen molar-refractivity contribution in [1.29, 1.82) is 0 Å². The topological polar surface area (TPSA) is 0 Å². The van der Waals surface area contributed by atoms with E-state index in [0.29, 0.717) is 0 Å². The van der Waals surface area contributed by atoms with Crippen LogP contribution in [0.5, 0.6) is 0 Å². The average molecular weight is 385 g/mol. The van der Waals surface area contributed by atoms with Crippen molar-refractivity contribution in [1.82, 2.24) is 0 Å². The lowest BCUT2D eigenvalue weighted by Crippen LogP contribution is -2.09. The van der Waals surface area contributed by atoms with E-state index < -0.39 is 12.0 Å². The van der Waals surface area contributed by atoms with Crippen molar-refractivity contribution in [3.05, 3.63) is 0 Å². The fourth-order valence-electron chi connectivity index (χ4n) is 0.851. The zero-order chi connectivity index (χ0) is 11.9. The normalized spacial score (nSPS) is 13.2. The molecule has 0 aliphatic heterocycles. The zero-order valence-electron chi connectivity index (χ0n) is 7.92. The Morgan fingerprint density at radius 1 is 0.667 bits per heavy atom. The summed E-state index contributed by atoms with van der Waals surface area (Å²) in [6.45, 7) is 0. The molecule has 0 atom stereocenters. The van der Waals surface area contributed by atoms with Gasteiger partial charge in [-0.3, -0.25) is 0 Å². The summed E-state index contributed by atoms with van der Waals surface area (Å²) in [6, 6.07) is -3.37. The molecule has 0 nitrogen and oxygen atoms in total. The largest absolute Gasteiger partial charge is 0.341 e. The van der Waals surface area contributed by atoms with Gasteiger partial charge in [0.2, 0.25) is 0 Å². The van der Waals surface area contributed by atoms with E-state index in [1.54, 1.807) is 0 Å². The van der Waals surface area contributed by atoms with Crippen molar-refractivity contribution >= 4 is 90.2 Å². The number of halogens is 6. The number of rotatable bonds is 8. The maximum Gasteiger partial charge on any atom is 0.341 e. The lowest BCUT2D eigenvalue weighted by Gasteiger charge is -2.08. The van der Waals surface area contributed by atoms with E-state index in [-0.39, 0.29) is 0 Å². The van der Waals surface area contributed by atoms with Crippen molar-refractivity contribution in [2.75, 3.05) is 11.5 Å². The molecule has 15 heavy (non-hydrogen) atoms. The molecule has 0 bridgehead atoms. The minimum atomic E-state index is -2.41. The molecular formula is C6H12Cl6SSi2. The molecule has 0 saturated heterocycles. The Morgan fingerprint density at radius 2 is 1.00 bits per heavy atom. The zero-order valence-corrected chi connectivity index (χ0v) is 15.3. The van der Waals surface area contributed by atoms with Crippen LogP contribution in [-0.4, -0.2) is 23.5 Å². The third kappa shape index (κ3) is 16.5. The molecule has 0 N–H and O–H groups in total. The van der Waals surface area contributed by atoms with Gasteiger partial charge in [0.05, 0.1) is 0 Å². The average Bonchev–Trinajstić information content (AvgIpc) is 1.98. The second-order valence-electron chi connectivity index (χ2n) is 3.05. The highest BCUT2D eigenvalue weighted by molar-refractivity contribution is 7.99. The van der Waals surface area contributed by atoms with Gasteiger partial charge in [-0.1, -0.05) is 0 Å². The van der Waals surface area contributed by atoms with Crippen LogP contribution in [0.15, 0.2) is 0 Å². The standard InChI is InChI=1S/C6H12Cl6SSi2/c7-14(8,9)5-1-3-13-4-2-6-15(10,11)12/h1-6H2. The van der Waals surface area contributed by atoms with E-state index in [1.807, 2.05) is 11.8 Å². The lowest BCUT2D eigenvalue weighted by atomic mass is 10.6. The second-order valence-corrected chi connectivity index (χ2v) is 22.8. The molecule has 0 aliphatic carbocycles. The molecule has 0 fully saturated rings. The molecule has 0 radical (unpaired) electrons. The van der Waals surface area contributed by atoms with Gasteiger partial charge in [0.15, 0.2) is 0 Å². The first-order valence-electron chi connectivity index (χ1n) is 4.42.